The summed E-state index contributed by atoms with van der Waals surface area (Å²) in [6.07, 6.45) is 1.58. The molecule has 2 rings (SSSR count). The summed E-state index contributed by atoms with van der Waals surface area (Å²) < 4.78 is 40.1. The number of alkyl halides is 1. The summed E-state index contributed by atoms with van der Waals surface area (Å²) in [5, 5.41) is 6.95. The van der Waals surface area contributed by atoms with Crippen molar-refractivity contribution >= 4 is 0 Å². The van der Waals surface area contributed by atoms with E-state index in [1.165, 1.54) is 4.68 Å². The second-order valence-corrected chi connectivity index (χ2v) is 4.07. The van der Waals surface area contributed by atoms with Gasteiger partial charge in [0.1, 0.15) is 18.3 Å². The average molecular weight is 269 g/mol. The van der Waals surface area contributed by atoms with Crippen LogP contribution in [-0.2, 0) is 19.6 Å². The zero-order chi connectivity index (χ0) is 13.7. The van der Waals surface area contributed by atoms with Gasteiger partial charge in [0.15, 0.2) is 0 Å². The minimum atomic E-state index is -0.493. The van der Waals surface area contributed by atoms with E-state index in [2.05, 4.69) is 10.4 Å². The van der Waals surface area contributed by atoms with Crippen molar-refractivity contribution in [2.24, 2.45) is 0 Å². The molecule has 2 aromatic rings. The molecule has 0 aliphatic heterocycles. The molecule has 0 aliphatic rings. The van der Waals surface area contributed by atoms with Gasteiger partial charge >= 0.3 is 0 Å². The number of nitrogens with zero attached hydrogens (tertiary/aromatic N) is 2. The number of halogens is 3. The Labute approximate surface area is 109 Å². The van der Waals surface area contributed by atoms with Gasteiger partial charge in [0.05, 0.1) is 12.2 Å². The number of aromatic nitrogens is 2. The van der Waals surface area contributed by atoms with E-state index >= 15 is 0 Å². The molecular formula is C13H14F3N3. The molecular weight excluding hydrogens is 255 g/mol. The van der Waals surface area contributed by atoms with Crippen molar-refractivity contribution in [1.82, 2.24) is 15.1 Å². The SMILES string of the molecule is FCCn1nccc1CNCc1cc(F)ccc1F. The van der Waals surface area contributed by atoms with Gasteiger partial charge in [-0.3, -0.25) is 4.68 Å². The highest BCUT2D eigenvalue weighted by atomic mass is 19.1. The smallest absolute Gasteiger partial charge is 0.127 e. The number of nitrogens with one attached hydrogen (secondary N) is 1. The fourth-order valence-corrected chi connectivity index (χ4v) is 1.80. The van der Waals surface area contributed by atoms with Gasteiger partial charge in [0.2, 0.25) is 0 Å². The third-order valence-corrected chi connectivity index (χ3v) is 2.73. The molecule has 0 bridgehead atoms. The van der Waals surface area contributed by atoms with Crippen LogP contribution < -0.4 is 5.32 Å². The van der Waals surface area contributed by atoms with Crippen molar-refractivity contribution in [2.45, 2.75) is 19.6 Å². The first-order valence-electron chi connectivity index (χ1n) is 5.92. The molecule has 1 heterocycles. The molecule has 0 atom stereocenters. The standard InChI is InChI=1S/C13H14F3N3/c14-4-6-19-12(3-5-18-19)9-17-8-10-7-11(15)1-2-13(10)16/h1-3,5,7,17H,4,6,8-9H2. The van der Waals surface area contributed by atoms with Gasteiger partial charge in [0, 0.05) is 24.8 Å². The molecule has 0 aliphatic carbocycles. The highest BCUT2D eigenvalue weighted by molar-refractivity contribution is 5.18. The number of hydrogen-bond donors (Lipinski definition) is 1. The molecule has 1 N–H and O–H groups in total. The summed E-state index contributed by atoms with van der Waals surface area (Å²) in [6.45, 7) is 0.311. The molecule has 0 spiro atoms. The van der Waals surface area contributed by atoms with Gasteiger partial charge in [-0.1, -0.05) is 0 Å². The van der Waals surface area contributed by atoms with E-state index < -0.39 is 18.3 Å². The van der Waals surface area contributed by atoms with E-state index in [4.69, 9.17) is 0 Å². The maximum Gasteiger partial charge on any atom is 0.127 e. The summed E-state index contributed by atoms with van der Waals surface area (Å²) >= 11 is 0. The highest BCUT2D eigenvalue weighted by Gasteiger charge is 2.05. The maximum absolute atomic E-state index is 13.4. The first kappa shape index (κ1) is 13.6. The van der Waals surface area contributed by atoms with Crippen LogP contribution >= 0.6 is 0 Å². The molecule has 0 amide bonds. The molecule has 0 fully saturated rings. The van der Waals surface area contributed by atoms with E-state index in [1.54, 1.807) is 12.3 Å². The molecule has 0 radical (unpaired) electrons. The lowest BCUT2D eigenvalue weighted by Gasteiger charge is -2.08. The Morgan fingerprint density at radius 3 is 2.79 bits per heavy atom. The Hall–Kier alpha value is -1.82. The molecule has 3 nitrogen and oxygen atoms in total. The lowest BCUT2D eigenvalue weighted by molar-refractivity contribution is 0.416. The van der Waals surface area contributed by atoms with Crippen molar-refractivity contribution in [1.29, 1.82) is 0 Å². The third kappa shape index (κ3) is 3.57. The van der Waals surface area contributed by atoms with Gasteiger partial charge in [-0.25, -0.2) is 13.2 Å². The Morgan fingerprint density at radius 1 is 1.16 bits per heavy atom. The second kappa shape index (κ2) is 6.38. The van der Waals surface area contributed by atoms with Crippen LogP contribution in [0.5, 0.6) is 0 Å². The fourth-order valence-electron chi connectivity index (χ4n) is 1.80. The predicted octanol–water partition coefficient (Wildman–Crippen LogP) is 2.42. The Morgan fingerprint density at radius 2 is 2.00 bits per heavy atom. The largest absolute Gasteiger partial charge is 0.307 e. The normalized spacial score (nSPS) is 10.9. The predicted molar refractivity (Wildman–Crippen MR) is 65.1 cm³/mol. The van der Waals surface area contributed by atoms with Crippen LogP contribution in [0.4, 0.5) is 13.2 Å². The molecule has 0 saturated heterocycles. The molecule has 1 aromatic heterocycles. The van der Waals surface area contributed by atoms with Crippen LogP contribution in [0.2, 0.25) is 0 Å². The van der Waals surface area contributed by atoms with Crippen LogP contribution in [-0.4, -0.2) is 16.5 Å². The van der Waals surface area contributed by atoms with Crippen LogP contribution in [0.25, 0.3) is 0 Å². The fraction of sp³-hybridized carbons (Fsp3) is 0.308. The number of hydrogen-bond acceptors (Lipinski definition) is 2. The summed E-state index contributed by atoms with van der Waals surface area (Å²) in [4.78, 5) is 0. The molecule has 0 unspecified atom stereocenters. The van der Waals surface area contributed by atoms with Gasteiger partial charge in [-0.2, -0.15) is 5.10 Å². The van der Waals surface area contributed by atoms with Crippen LogP contribution in [0.15, 0.2) is 30.5 Å². The molecule has 1 aromatic carbocycles. The lowest BCUT2D eigenvalue weighted by atomic mass is 10.2. The van der Waals surface area contributed by atoms with Crippen LogP contribution in [0.3, 0.4) is 0 Å². The van der Waals surface area contributed by atoms with Crippen molar-refractivity contribution in [3.05, 3.63) is 53.4 Å². The van der Waals surface area contributed by atoms with Crippen LogP contribution in [0.1, 0.15) is 11.3 Å². The monoisotopic (exact) mass is 269 g/mol. The Balaban J connectivity index is 1.92. The topological polar surface area (TPSA) is 29.9 Å². The second-order valence-electron chi connectivity index (χ2n) is 4.07. The molecule has 0 saturated carbocycles. The van der Waals surface area contributed by atoms with E-state index in [1.807, 2.05) is 0 Å². The zero-order valence-electron chi connectivity index (χ0n) is 10.2. The highest BCUT2D eigenvalue weighted by Crippen LogP contribution is 2.09. The average Bonchev–Trinajstić information content (AvgIpc) is 2.82. The maximum atomic E-state index is 13.4. The van der Waals surface area contributed by atoms with Gasteiger partial charge in [0.25, 0.3) is 0 Å². The summed E-state index contributed by atoms with van der Waals surface area (Å²) in [6, 6.07) is 5.08. The Bertz CT molecular complexity index is 540. The van der Waals surface area contributed by atoms with Crippen molar-refractivity contribution in [3.8, 4) is 0 Å². The van der Waals surface area contributed by atoms with Crippen molar-refractivity contribution < 1.29 is 13.2 Å². The number of rotatable bonds is 6. The van der Waals surface area contributed by atoms with Crippen molar-refractivity contribution in [2.75, 3.05) is 6.67 Å². The van der Waals surface area contributed by atoms with Crippen LogP contribution in [0, 0.1) is 11.6 Å². The van der Waals surface area contributed by atoms with E-state index in [9.17, 15) is 13.2 Å². The summed E-state index contributed by atoms with van der Waals surface area (Å²) in [5.41, 5.74) is 1.06. The van der Waals surface area contributed by atoms with Gasteiger partial charge in [-0.05, 0) is 24.3 Å². The number of benzene rings is 1. The third-order valence-electron chi connectivity index (χ3n) is 2.73. The lowest BCUT2D eigenvalue weighted by Crippen LogP contribution is -2.17. The van der Waals surface area contributed by atoms with Gasteiger partial charge in [-0.15, -0.1) is 0 Å². The molecule has 19 heavy (non-hydrogen) atoms. The quantitative estimate of drug-likeness (QED) is 0.872. The molecule has 6 heteroatoms. The van der Waals surface area contributed by atoms with E-state index in [0.717, 1.165) is 23.9 Å². The van der Waals surface area contributed by atoms with E-state index in [-0.39, 0.29) is 18.7 Å². The summed E-state index contributed by atoms with van der Waals surface area (Å²) in [7, 11) is 0. The number of aryl methyl sites for hydroxylation is 1. The first-order valence-corrected chi connectivity index (χ1v) is 5.92. The zero-order valence-corrected chi connectivity index (χ0v) is 10.2. The first-order chi connectivity index (χ1) is 9.20. The van der Waals surface area contributed by atoms with E-state index in [0.29, 0.717) is 6.54 Å². The van der Waals surface area contributed by atoms with Crippen molar-refractivity contribution in [3.63, 3.8) is 0 Å². The summed E-state index contributed by atoms with van der Waals surface area (Å²) in [5.74, 6) is -0.924. The minimum absolute atomic E-state index is 0.193. The minimum Gasteiger partial charge on any atom is -0.307 e. The molecule has 102 valence electrons. The Kier molecular flexibility index (Phi) is 4.57. The van der Waals surface area contributed by atoms with Gasteiger partial charge < -0.3 is 5.32 Å².